The quantitative estimate of drug-likeness (QED) is 0.279. The van der Waals surface area contributed by atoms with Gasteiger partial charge < -0.3 is 33.9 Å². The SMILES string of the molecule is CCO[C@H]1CC[C@H](N2C[C@@H](c3ccc(OC)cc3)[C@](OC)(C(=O)N3C[C@H](COC)[C@@H](c4ccc(C(F)(F)F)cc4N4CCC(C(=O)O)CC4)C3)C2)CC1. The molecule has 2 aromatic rings. The lowest BCUT2D eigenvalue weighted by molar-refractivity contribution is -0.154. The molecular weight excluding hydrogens is 691 g/mol. The molecular formula is C40H54F3N3O7. The summed E-state index contributed by atoms with van der Waals surface area (Å²) in [7, 11) is 4.82. The Kier molecular flexibility index (Phi) is 12.3. The molecule has 4 fully saturated rings. The molecule has 3 heterocycles. The molecule has 1 N–H and O–H groups in total. The first kappa shape index (κ1) is 39.3. The maximum atomic E-state index is 15.1. The van der Waals surface area contributed by atoms with E-state index >= 15 is 4.79 Å². The van der Waals surface area contributed by atoms with Crippen LogP contribution in [0.1, 0.15) is 74.0 Å². The molecule has 0 spiro atoms. The van der Waals surface area contributed by atoms with Gasteiger partial charge in [0.25, 0.3) is 5.91 Å². The Labute approximate surface area is 310 Å². The lowest BCUT2D eigenvalue weighted by atomic mass is 9.83. The van der Waals surface area contributed by atoms with Crippen LogP contribution in [-0.2, 0) is 30.0 Å². The lowest BCUT2D eigenvalue weighted by Crippen LogP contribution is -2.55. The maximum Gasteiger partial charge on any atom is 0.416 e. The smallest absolute Gasteiger partial charge is 0.416 e. The number of ether oxygens (including phenoxy) is 4. The Hall–Kier alpha value is -3.39. The largest absolute Gasteiger partial charge is 0.497 e. The summed E-state index contributed by atoms with van der Waals surface area (Å²) >= 11 is 0. The highest BCUT2D eigenvalue weighted by atomic mass is 19.4. The minimum atomic E-state index is -4.55. The van der Waals surface area contributed by atoms with Gasteiger partial charge in [-0.05, 0) is 80.8 Å². The number of piperidine rings is 1. The van der Waals surface area contributed by atoms with Gasteiger partial charge in [0.15, 0.2) is 5.60 Å². The van der Waals surface area contributed by atoms with Crippen molar-refractivity contribution in [1.82, 2.24) is 9.80 Å². The number of carboxylic acid groups (broad SMARTS) is 1. The molecule has 0 bridgehead atoms. The number of alkyl halides is 3. The van der Waals surface area contributed by atoms with E-state index in [0.29, 0.717) is 70.0 Å². The average molecular weight is 746 g/mol. The number of halogens is 3. The van der Waals surface area contributed by atoms with Crippen LogP contribution in [0.3, 0.4) is 0 Å². The summed E-state index contributed by atoms with van der Waals surface area (Å²) in [6, 6.07) is 11.9. The van der Waals surface area contributed by atoms with Crippen molar-refractivity contribution in [1.29, 1.82) is 0 Å². The Morgan fingerprint density at radius 3 is 2.21 bits per heavy atom. The first-order valence-corrected chi connectivity index (χ1v) is 18.9. The highest BCUT2D eigenvalue weighted by Crippen LogP contribution is 2.47. The number of nitrogens with zero attached hydrogens (tertiary/aromatic N) is 3. The van der Waals surface area contributed by atoms with Gasteiger partial charge in [-0.3, -0.25) is 14.5 Å². The molecule has 13 heteroatoms. The Morgan fingerprint density at radius 2 is 1.62 bits per heavy atom. The van der Waals surface area contributed by atoms with Gasteiger partial charge in [0, 0.05) is 89.6 Å². The van der Waals surface area contributed by atoms with Gasteiger partial charge in [-0.2, -0.15) is 13.2 Å². The van der Waals surface area contributed by atoms with E-state index in [2.05, 4.69) is 4.90 Å². The van der Waals surface area contributed by atoms with E-state index < -0.39 is 29.2 Å². The molecule has 6 rings (SSSR count). The second kappa shape index (κ2) is 16.5. The van der Waals surface area contributed by atoms with Crippen molar-refractivity contribution >= 4 is 17.6 Å². The molecule has 292 valence electrons. The molecule has 4 aliphatic rings. The molecule has 3 saturated heterocycles. The molecule has 1 amide bonds. The van der Waals surface area contributed by atoms with Crippen molar-refractivity contribution in [3.63, 3.8) is 0 Å². The second-order valence-corrected chi connectivity index (χ2v) is 15.1. The van der Waals surface area contributed by atoms with Crippen LogP contribution >= 0.6 is 0 Å². The topological polar surface area (TPSA) is 101 Å². The molecule has 2 aromatic carbocycles. The minimum absolute atomic E-state index is 0.134. The number of carbonyl (C=O) groups is 2. The van der Waals surface area contributed by atoms with Crippen molar-refractivity contribution in [2.75, 3.05) is 78.7 Å². The zero-order chi connectivity index (χ0) is 37.9. The number of benzene rings is 2. The van der Waals surface area contributed by atoms with E-state index in [-0.39, 0.29) is 42.4 Å². The molecule has 10 nitrogen and oxygen atoms in total. The van der Waals surface area contributed by atoms with Crippen molar-refractivity contribution in [3.8, 4) is 5.75 Å². The van der Waals surface area contributed by atoms with Crippen molar-refractivity contribution < 1.29 is 46.8 Å². The molecule has 3 aliphatic heterocycles. The van der Waals surface area contributed by atoms with Gasteiger partial charge in [0.2, 0.25) is 0 Å². The number of anilines is 1. The van der Waals surface area contributed by atoms with Gasteiger partial charge >= 0.3 is 12.1 Å². The highest BCUT2D eigenvalue weighted by Gasteiger charge is 2.57. The molecule has 4 atom stereocenters. The molecule has 0 aromatic heterocycles. The predicted molar refractivity (Wildman–Crippen MR) is 193 cm³/mol. The normalized spacial score (nSPS) is 28.8. The van der Waals surface area contributed by atoms with Crippen LogP contribution in [0.15, 0.2) is 42.5 Å². The third-order valence-corrected chi connectivity index (χ3v) is 12.3. The number of amides is 1. The van der Waals surface area contributed by atoms with Crippen LogP contribution in [0.5, 0.6) is 5.75 Å². The molecule has 1 aliphatic carbocycles. The summed E-state index contributed by atoms with van der Waals surface area (Å²) in [5, 5.41) is 9.57. The van der Waals surface area contributed by atoms with Crippen LogP contribution in [0, 0.1) is 11.8 Å². The first-order chi connectivity index (χ1) is 25.4. The number of aliphatic carboxylic acids is 1. The first-order valence-electron chi connectivity index (χ1n) is 18.9. The Bertz CT molecular complexity index is 1560. The fraction of sp³-hybridized carbons (Fsp3) is 0.650. The Balaban J connectivity index is 1.32. The predicted octanol–water partition coefficient (Wildman–Crippen LogP) is 6.04. The second-order valence-electron chi connectivity index (χ2n) is 15.1. The van der Waals surface area contributed by atoms with Crippen molar-refractivity contribution in [3.05, 3.63) is 59.2 Å². The average Bonchev–Trinajstić information content (AvgIpc) is 3.77. The summed E-state index contributed by atoms with van der Waals surface area (Å²) in [5.41, 5.74) is 0.176. The van der Waals surface area contributed by atoms with E-state index in [0.717, 1.165) is 43.1 Å². The number of likely N-dealkylation sites (tertiary alicyclic amines) is 2. The van der Waals surface area contributed by atoms with E-state index in [1.807, 2.05) is 41.0 Å². The molecule has 0 radical (unpaired) electrons. The Morgan fingerprint density at radius 1 is 0.925 bits per heavy atom. The monoisotopic (exact) mass is 745 g/mol. The summed E-state index contributed by atoms with van der Waals surface area (Å²) < 4.78 is 65.6. The molecule has 53 heavy (non-hydrogen) atoms. The third-order valence-electron chi connectivity index (χ3n) is 12.3. The fourth-order valence-electron chi connectivity index (χ4n) is 9.39. The number of carboxylic acids is 1. The number of carbonyl (C=O) groups excluding carboxylic acids is 1. The maximum absolute atomic E-state index is 15.1. The van der Waals surface area contributed by atoms with Crippen molar-refractivity contribution in [2.45, 2.75) is 81.2 Å². The van der Waals surface area contributed by atoms with Gasteiger partial charge in [-0.1, -0.05) is 18.2 Å². The highest BCUT2D eigenvalue weighted by molar-refractivity contribution is 5.88. The summed E-state index contributed by atoms with van der Waals surface area (Å²) in [4.78, 5) is 33.0. The van der Waals surface area contributed by atoms with Crippen LogP contribution in [0.2, 0.25) is 0 Å². The number of rotatable bonds is 12. The summed E-state index contributed by atoms with van der Waals surface area (Å²) in [6.45, 7) is 5.39. The zero-order valence-corrected chi connectivity index (χ0v) is 31.3. The van der Waals surface area contributed by atoms with E-state index in [4.69, 9.17) is 18.9 Å². The fourth-order valence-corrected chi connectivity index (χ4v) is 9.39. The van der Waals surface area contributed by atoms with Crippen LogP contribution in [-0.4, -0.2) is 118 Å². The molecule has 1 saturated carbocycles. The summed E-state index contributed by atoms with van der Waals surface area (Å²) in [5.74, 6) is -1.60. The van der Waals surface area contributed by atoms with Crippen LogP contribution in [0.25, 0.3) is 0 Å². The third kappa shape index (κ3) is 8.18. The van der Waals surface area contributed by atoms with E-state index in [9.17, 15) is 23.1 Å². The molecule has 0 unspecified atom stereocenters. The summed E-state index contributed by atoms with van der Waals surface area (Å²) in [6.07, 6.45) is 0.255. The van der Waals surface area contributed by atoms with Crippen LogP contribution in [0.4, 0.5) is 18.9 Å². The van der Waals surface area contributed by atoms with Gasteiger partial charge in [0.05, 0.1) is 31.3 Å². The van der Waals surface area contributed by atoms with E-state index in [1.54, 1.807) is 27.4 Å². The lowest BCUT2D eigenvalue weighted by Gasteiger charge is -2.37. The van der Waals surface area contributed by atoms with Crippen molar-refractivity contribution in [2.24, 2.45) is 11.8 Å². The number of methoxy groups -OCH3 is 3. The number of hydrogen-bond donors (Lipinski definition) is 1. The van der Waals surface area contributed by atoms with Gasteiger partial charge in [-0.15, -0.1) is 0 Å². The van der Waals surface area contributed by atoms with Gasteiger partial charge in [0.1, 0.15) is 5.75 Å². The van der Waals surface area contributed by atoms with Gasteiger partial charge in [-0.25, -0.2) is 0 Å². The van der Waals surface area contributed by atoms with Crippen LogP contribution < -0.4 is 9.64 Å². The zero-order valence-electron chi connectivity index (χ0n) is 31.3. The van der Waals surface area contributed by atoms with E-state index in [1.165, 1.54) is 6.07 Å². The standard InChI is InChI=1S/C40H54F3N3O7/c1-5-53-32-13-9-30(10-14-32)46-23-35(26-6-11-31(51-3)12-7-26)39(25-46,52-4)38(49)45-21-28(24-50-2)34(22-45)33-15-8-29(40(41,42)43)20-36(33)44-18-16-27(17-19-44)37(47)48/h6-8,11-12,15,20,27-28,30,32,34-35H,5,9-10,13-14,16-19,21-25H2,1-4H3,(H,47,48)/t28-,30-,32-,34+,35+,39+/m1/s1. The minimum Gasteiger partial charge on any atom is -0.497 e. The number of hydrogen-bond acceptors (Lipinski definition) is 8.